The highest BCUT2D eigenvalue weighted by molar-refractivity contribution is 5.43. The topological polar surface area (TPSA) is 44.0 Å². The van der Waals surface area contributed by atoms with Gasteiger partial charge in [-0.15, -0.1) is 0 Å². The highest BCUT2D eigenvalue weighted by Gasteiger charge is 2.55. The third kappa shape index (κ3) is 2.51. The molecule has 0 saturated heterocycles. The molecule has 1 aromatic rings. The molecule has 0 heterocycles. The van der Waals surface area contributed by atoms with Crippen LogP contribution in [0.5, 0.6) is 5.75 Å². The molecule has 0 unspecified atom stereocenters. The van der Waals surface area contributed by atoms with Gasteiger partial charge in [0.2, 0.25) is 0 Å². The van der Waals surface area contributed by atoms with Crippen LogP contribution in [0.2, 0.25) is 0 Å². The Hall–Kier alpha value is -1.49. The van der Waals surface area contributed by atoms with Crippen molar-refractivity contribution in [1.29, 1.82) is 5.26 Å². The number of unbranched alkanes of at least 4 members (excludes halogenated alkanes) is 3. The minimum absolute atomic E-state index is 0.264. The van der Waals surface area contributed by atoms with Crippen LogP contribution in [0.1, 0.15) is 51.0 Å². The predicted octanol–water partition coefficient (Wildman–Crippen LogP) is 4.14. The first-order chi connectivity index (χ1) is 8.73. The van der Waals surface area contributed by atoms with Gasteiger partial charge in [0.25, 0.3) is 0 Å². The Bertz CT molecular complexity index is 431. The van der Waals surface area contributed by atoms with Crippen LogP contribution in [0.3, 0.4) is 0 Å². The Kier molecular flexibility index (Phi) is 3.91. The lowest BCUT2D eigenvalue weighted by Gasteiger charge is -2.09. The molecule has 1 saturated carbocycles. The molecule has 0 spiro atoms. The van der Waals surface area contributed by atoms with Crippen LogP contribution < -0.4 is 0 Å². The van der Waals surface area contributed by atoms with E-state index in [1.807, 2.05) is 12.1 Å². The number of nitrogens with zero attached hydrogens (tertiary/aromatic N) is 1. The van der Waals surface area contributed by atoms with E-state index in [2.05, 4.69) is 13.0 Å². The van der Waals surface area contributed by atoms with Gasteiger partial charge in [0.15, 0.2) is 0 Å². The molecule has 2 nitrogen and oxygen atoms in total. The number of hydrogen-bond donors (Lipinski definition) is 1. The van der Waals surface area contributed by atoms with E-state index in [0.29, 0.717) is 5.92 Å². The lowest BCUT2D eigenvalue weighted by atomic mass is 9.93. The third-order valence-corrected chi connectivity index (χ3v) is 4.09. The first kappa shape index (κ1) is 13.0. The molecule has 1 N–H and O–H groups in total. The van der Waals surface area contributed by atoms with Gasteiger partial charge in [-0.2, -0.15) is 5.26 Å². The maximum absolute atomic E-state index is 9.44. The molecule has 0 bridgehead atoms. The van der Waals surface area contributed by atoms with E-state index in [-0.39, 0.29) is 11.2 Å². The van der Waals surface area contributed by atoms with E-state index >= 15 is 0 Å². The fraction of sp³-hybridized carbons (Fsp3) is 0.562. The number of nitriles is 1. The van der Waals surface area contributed by atoms with Gasteiger partial charge in [-0.3, -0.25) is 0 Å². The fourth-order valence-electron chi connectivity index (χ4n) is 2.81. The van der Waals surface area contributed by atoms with E-state index in [1.165, 1.54) is 25.7 Å². The van der Waals surface area contributed by atoms with Crippen molar-refractivity contribution in [3.63, 3.8) is 0 Å². The summed E-state index contributed by atoms with van der Waals surface area (Å²) in [6.45, 7) is 2.22. The summed E-state index contributed by atoms with van der Waals surface area (Å²) in [5.41, 5.74) is 0.809. The minimum atomic E-state index is -0.264. The van der Waals surface area contributed by atoms with Crippen LogP contribution in [0.15, 0.2) is 24.3 Å². The predicted molar refractivity (Wildman–Crippen MR) is 72.3 cm³/mol. The largest absolute Gasteiger partial charge is 0.508 e. The number of aromatic hydroxyl groups is 1. The third-order valence-electron chi connectivity index (χ3n) is 4.09. The molecule has 2 heteroatoms. The van der Waals surface area contributed by atoms with Crippen LogP contribution in [0.25, 0.3) is 0 Å². The maximum Gasteiger partial charge on any atom is 0.115 e. The van der Waals surface area contributed by atoms with Crippen molar-refractivity contribution in [2.24, 2.45) is 5.92 Å². The summed E-state index contributed by atoms with van der Waals surface area (Å²) in [5.74, 6) is 0.788. The van der Waals surface area contributed by atoms with Crippen molar-refractivity contribution in [2.45, 2.75) is 50.9 Å². The van der Waals surface area contributed by atoms with Crippen molar-refractivity contribution in [2.75, 3.05) is 0 Å². The zero-order valence-electron chi connectivity index (χ0n) is 11.0. The van der Waals surface area contributed by atoms with Gasteiger partial charge in [0.05, 0.1) is 11.5 Å². The second kappa shape index (κ2) is 5.44. The number of rotatable bonds is 6. The molecule has 0 aromatic heterocycles. The van der Waals surface area contributed by atoms with Crippen molar-refractivity contribution < 1.29 is 5.11 Å². The molecule has 1 fully saturated rings. The first-order valence-corrected chi connectivity index (χ1v) is 6.93. The average Bonchev–Trinajstić information content (AvgIpc) is 3.10. The summed E-state index contributed by atoms with van der Waals surface area (Å²) in [6, 6.07) is 9.65. The summed E-state index contributed by atoms with van der Waals surface area (Å²) in [5, 5.41) is 18.7. The Labute approximate surface area is 109 Å². The molecule has 0 amide bonds. The minimum Gasteiger partial charge on any atom is -0.508 e. The molecule has 1 aliphatic rings. The van der Waals surface area contributed by atoms with Crippen LogP contribution >= 0.6 is 0 Å². The highest BCUT2D eigenvalue weighted by atomic mass is 16.3. The van der Waals surface area contributed by atoms with Gasteiger partial charge in [0, 0.05) is 0 Å². The second-order valence-electron chi connectivity index (χ2n) is 5.38. The van der Waals surface area contributed by atoms with Crippen molar-refractivity contribution in [3.8, 4) is 11.8 Å². The Morgan fingerprint density at radius 2 is 2.00 bits per heavy atom. The normalized spacial score (nSPS) is 25.7. The van der Waals surface area contributed by atoms with Crippen molar-refractivity contribution >= 4 is 0 Å². The summed E-state index contributed by atoms with van der Waals surface area (Å²) >= 11 is 0. The highest BCUT2D eigenvalue weighted by Crippen LogP contribution is 2.56. The van der Waals surface area contributed by atoms with Crippen LogP contribution in [-0.4, -0.2) is 5.11 Å². The van der Waals surface area contributed by atoms with E-state index in [1.54, 1.807) is 12.1 Å². The van der Waals surface area contributed by atoms with E-state index < -0.39 is 0 Å². The number of hydrogen-bond acceptors (Lipinski definition) is 2. The monoisotopic (exact) mass is 243 g/mol. The van der Waals surface area contributed by atoms with Gasteiger partial charge < -0.3 is 5.11 Å². The number of phenolic OH excluding ortho intramolecular Hbond substituents is 1. The van der Waals surface area contributed by atoms with E-state index in [4.69, 9.17) is 0 Å². The summed E-state index contributed by atoms with van der Waals surface area (Å²) in [4.78, 5) is 0. The van der Waals surface area contributed by atoms with Crippen LogP contribution in [0.4, 0.5) is 0 Å². The summed E-state index contributed by atoms with van der Waals surface area (Å²) in [6.07, 6.45) is 7.22. The molecule has 0 aliphatic heterocycles. The van der Waals surface area contributed by atoms with Gasteiger partial charge in [0.1, 0.15) is 5.75 Å². The quantitative estimate of drug-likeness (QED) is 0.763. The number of phenols is 1. The molecule has 1 aliphatic carbocycles. The SMILES string of the molecule is CCCCCC[C@H]1C[C@@]1(C#N)c1ccc(O)cc1. The molecular formula is C16H21NO. The maximum atomic E-state index is 9.44. The lowest BCUT2D eigenvalue weighted by molar-refractivity contribution is 0.475. The molecule has 96 valence electrons. The van der Waals surface area contributed by atoms with Crippen molar-refractivity contribution in [1.82, 2.24) is 0 Å². The standard InChI is InChI=1S/C16H21NO/c1-2-3-4-5-6-14-11-16(14,12-17)13-7-9-15(18)10-8-13/h7-10,14,18H,2-6,11H2,1H3/t14-,16+/m0/s1. The van der Waals surface area contributed by atoms with Gasteiger partial charge in [-0.05, 0) is 36.5 Å². The molecule has 1 aromatic carbocycles. The first-order valence-electron chi connectivity index (χ1n) is 6.93. The van der Waals surface area contributed by atoms with Crippen molar-refractivity contribution in [3.05, 3.63) is 29.8 Å². The van der Waals surface area contributed by atoms with Gasteiger partial charge >= 0.3 is 0 Å². The van der Waals surface area contributed by atoms with Crippen LogP contribution in [-0.2, 0) is 5.41 Å². The fourth-order valence-corrected chi connectivity index (χ4v) is 2.81. The lowest BCUT2D eigenvalue weighted by Crippen LogP contribution is -2.06. The molecule has 18 heavy (non-hydrogen) atoms. The Morgan fingerprint density at radius 1 is 1.28 bits per heavy atom. The molecular weight excluding hydrogens is 222 g/mol. The average molecular weight is 243 g/mol. The Morgan fingerprint density at radius 3 is 2.61 bits per heavy atom. The van der Waals surface area contributed by atoms with E-state index in [0.717, 1.165) is 18.4 Å². The Balaban J connectivity index is 1.94. The summed E-state index contributed by atoms with van der Waals surface area (Å²) < 4.78 is 0. The smallest absolute Gasteiger partial charge is 0.115 e. The van der Waals surface area contributed by atoms with E-state index in [9.17, 15) is 10.4 Å². The molecule has 2 atom stereocenters. The second-order valence-corrected chi connectivity index (χ2v) is 5.38. The number of benzene rings is 1. The van der Waals surface area contributed by atoms with Gasteiger partial charge in [-0.25, -0.2) is 0 Å². The molecule has 2 rings (SSSR count). The van der Waals surface area contributed by atoms with Crippen LogP contribution in [0, 0.1) is 17.2 Å². The summed E-state index contributed by atoms with van der Waals surface area (Å²) in [7, 11) is 0. The van der Waals surface area contributed by atoms with Gasteiger partial charge in [-0.1, -0.05) is 44.7 Å². The zero-order valence-corrected chi connectivity index (χ0v) is 11.0. The molecule has 0 radical (unpaired) electrons. The zero-order chi connectivity index (χ0) is 13.0.